The van der Waals surface area contributed by atoms with Crippen LogP contribution in [0.15, 0.2) is 18.2 Å². The lowest BCUT2D eigenvalue weighted by Crippen LogP contribution is -2.11. The molecule has 0 aliphatic rings. The van der Waals surface area contributed by atoms with Crippen LogP contribution in [0.3, 0.4) is 0 Å². The van der Waals surface area contributed by atoms with Gasteiger partial charge < -0.3 is 19.7 Å². The van der Waals surface area contributed by atoms with Crippen molar-refractivity contribution in [2.24, 2.45) is 0 Å². The molecule has 2 N–H and O–H groups in total. The average Bonchev–Trinajstić information content (AvgIpc) is 2.34. The molecule has 1 aromatic rings. The smallest absolute Gasteiger partial charge is 0.341 e. The van der Waals surface area contributed by atoms with Crippen molar-refractivity contribution in [3.05, 3.63) is 23.8 Å². The summed E-state index contributed by atoms with van der Waals surface area (Å²) in [5.41, 5.74) is 0.0825. The van der Waals surface area contributed by atoms with Gasteiger partial charge >= 0.3 is 11.9 Å². The highest BCUT2D eigenvalue weighted by Crippen LogP contribution is 2.22. The monoisotopic (exact) mass is 254 g/mol. The number of carboxylic acids is 2. The highest BCUT2D eigenvalue weighted by molar-refractivity contribution is 5.80. The van der Waals surface area contributed by atoms with E-state index in [1.807, 2.05) is 0 Å². The van der Waals surface area contributed by atoms with Gasteiger partial charge in [0.15, 0.2) is 19.5 Å². The Balaban J connectivity index is 2.79. The van der Waals surface area contributed by atoms with Crippen molar-refractivity contribution >= 4 is 18.2 Å². The van der Waals surface area contributed by atoms with Gasteiger partial charge in [-0.05, 0) is 18.2 Å². The van der Waals surface area contributed by atoms with Crippen LogP contribution < -0.4 is 9.47 Å². The van der Waals surface area contributed by atoms with Crippen LogP contribution in [0.2, 0.25) is 0 Å². The summed E-state index contributed by atoms with van der Waals surface area (Å²) in [5, 5.41) is 16.9. The fourth-order valence-electron chi connectivity index (χ4n) is 1.12. The third kappa shape index (κ3) is 4.12. The maximum atomic E-state index is 10.8. The van der Waals surface area contributed by atoms with Crippen molar-refractivity contribution in [1.82, 2.24) is 0 Å². The van der Waals surface area contributed by atoms with Crippen LogP contribution in [0.4, 0.5) is 0 Å². The van der Waals surface area contributed by atoms with Crippen molar-refractivity contribution in [3.8, 4) is 11.5 Å². The number of ether oxygens (including phenoxy) is 2. The third-order valence-electron chi connectivity index (χ3n) is 1.82. The fraction of sp³-hybridized carbons (Fsp3) is 0.182. The van der Waals surface area contributed by atoms with E-state index in [0.717, 1.165) is 0 Å². The average molecular weight is 254 g/mol. The standard InChI is InChI=1S/C11H10O7/c12-4-7-3-8(17-5-10(13)14)1-2-9(7)18-6-11(15)16/h1-4H,5-6H2,(H,13,14)(H,15,16). The number of rotatable bonds is 7. The van der Waals surface area contributed by atoms with Crippen molar-refractivity contribution in [1.29, 1.82) is 0 Å². The number of aldehydes is 1. The molecule has 0 saturated heterocycles. The first-order valence-corrected chi connectivity index (χ1v) is 4.81. The van der Waals surface area contributed by atoms with E-state index in [2.05, 4.69) is 0 Å². The molecule has 0 aromatic heterocycles. The van der Waals surface area contributed by atoms with Gasteiger partial charge in [-0.25, -0.2) is 9.59 Å². The molecule has 0 heterocycles. The number of carbonyl (C=O) groups excluding carboxylic acids is 1. The summed E-state index contributed by atoms with van der Waals surface area (Å²) in [4.78, 5) is 31.4. The highest BCUT2D eigenvalue weighted by Gasteiger charge is 2.08. The van der Waals surface area contributed by atoms with Crippen LogP contribution in [0.5, 0.6) is 11.5 Å². The lowest BCUT2D eigenvalue weighted by atomic mass is 10.2. The van der Waals surface area contributed by atoms with Gasteiger partial charge in [0.2, 0.25) is 0 Å². The van der Waals surface area contributed by atoms with Crippen molar-refractivity contribution in [2.75, 3.05) is 13.2 Å². The summed E-state index contributed by atoms with van der Waals surface area (Å²) in [6.07, 6.45) is 0.463. The number of aliphatic carboxylic acids is 2. The number of hydrogen-bond acceptors (Lipinski definition) is 5. The zero-order chi connectivity index (χ0) is 13.5. The Labute approximate surface area is 102 Å². The quantitative estimate of drug-likeness (QED) is 0.678. The van der Waals surface area contributed by atoms with E-state index in [4.69, 9.17) is 19.7 Å². The second kappa shape index (κ2) is 6.24. The van der Waals surface area contributed by atoms with E-state index < -0.39 is 25.2 Å². The fourth-order valence-corrected chi connectivity index (χ4v) is 1.12. The SMILES string of the molecule is O=Cc1cc(OCC(=O)O)ccc1OCC(=O)O. The molecule has 7 heteroatoms. The number of hydrogen-bond donors (Lipinski definition) is 2. The number of benzene rings is 1. The molecular weight excluding hydrogens is 244 g/mol. The molecule has 96 valence electrons. The number of carbonyl (C=O) groups is 3. The van der Waals surface area contributed by atoms with Crippen molar-refractivity contribution in [2.45, 2.75) is 0 Å². The molecule has 0 amide bonds. The molecule has 0 saturated carbocycles. The normalized spacial score (nSPS) is 9.56. The van der Waals surface area contributed by atoms with Crippen molar-refractivity contribution < 1.29 is 34.1 Å². The molecular formula is C11H10O7. The van der Waals surface area contributed by atoms with Gasteiger partial charge in [-0.3, -0.25) is 4.79 Å². The maximum absolute atomic E-state index is 10.8. The van der Waals surface area contributed by atoms with Gasteiger partial charge in [-0.1, -0.05) is 0 Å². The van der Waals surface area contributed by atoms with E-state index in [9.17, 15) is 14.4 Å². The van der Waals surface area contributed by atoms with Gasteiger partial charge in [0.1, 0.15) is 11.5 Å². The van der Waals surface area contributed by atoms with E-state index in [1.165, 1.54) is 18.2 Å². The Morgan fingerprint density at radius 3 is 2.28 bits per heavy atom. The third-order valence-corrected chi connectivity index (χ3v) is 1.82. The first-order valence-electron chi connectivity index (χ1n) is 4.81. The Morgan fingerprint density at radius 2 is 1.72 bits per heavy atom. The van der Waals surface area contributed by atoms with Crippen LogP contribution in [-0.2, 0) is 9.59 Å². The molecule has 18 heavy (non-hydrogen) atoms. The minimum Gasteiger partial charge on any atom is -0.482 e. The topological polar surface area (TPSA) is 110 Å². The van der Waals surface area contributed by atoms with Crippen LogP contribution in [0.25, 0.3) is 0 Å². The molecule has 0 radical (unpaired) electrons. The molecule has 7 nitrogen and oxygen atoms in total. The highest BCUT2D eigenvalue weighted by atomic mass is 16.5. The largest absolute Gasteiger partial charge is 0.482 e. The van der Waals surface area contributed by atoms with E-state index in [-0.39, 0.29) is 17.1 Å². The molecule has 0 aliphatic carbocycles. The summed E-state index contributed by atoms with van der Waals surface area (Å²) >= 11 is 0. The minimum atomic E-state index is -1.17. The Hall–Kier alpha value is -2.57. The predicted octanol–water partition coefficient (Wildman–Crippen LogP) is 0.426. The van der Waals surface area contributed by atoms with E-state index in [0.29, 0.717) is 6.29 Å². The summed E-state index contributed by atoms with van der Waals surface area (Å²) in [6.45, 7) is -1.11. The van der Waals surface area contributed by atoms with Gasteiger partial charge in [0, 0.05) is 0 Å². The van der Waals surface area contributed by atoms with Crippen LogP contribution >= 0.6 is 0 Å². The molecule has 0 bridgehead atoms. The van der Waals surface area contributed by atoms with Crippen LogP contribution in [0.1, 0.15) is 10.4 Å². The van der Waals surface area contributed by atoms with Gasteiger partial charge in [0.05, 0.1) is 5.56 Å². The van der Waals surface area contributed by atoms with Gasteiger partial charge in [-0.15, -0.1) is 0 Å². The molecule has 0 atom stereocenters. The second-order valence-corrected chi connectivity index (χ2v) is 3.18. The summed E-state index contributed by atoms with van der Waals surface area (Å²) < 4.78 is 9.73. The Bertz CT molecular complexity index is 466. The summed E-state index contributed by atoms with van der Waals surface area (Å²) in [7, 11) is 0. The van der Waals surface area contributed by atoms with Crippen LogP contribution in [0, 0.1) is 0 Å². The van der Waals surface area contributed by atoms with E-state index in [1.54, 1.807) is 0 Å². The minimum absolute atomic E-state index is 0.0825. The lowest BCUT2D eigenvalue weighted by Gasteiger charge is -2.08. The second-order valence-electron chi connectivity index (χ2n) is 3.18. The zero-order valence-corrected chi connectivity index (χ0v) is 9.16. The Morgan fingerprint density at radius 1 is 1.11 bits per heavy atom. The molecule has 0 unspecified atom stereocenters. The van der Waals surface area contributed by atoms with Crippen LogP contribution in [-0.4, -0.2) is 41.7 Å². The summed E-state index contributed by atoms with van der Waals surface area (Å²) in [6, 6.07) is 3.99. The molecule has 0 fully saturated rings. The van der Waals surface area contributed by atoms with Crippen molar-refractivity contribution in [3.63, 3.8) is 0 Å². The Kier molecular flexibility index (Phi) is 4.67. The molecule has 1 aromatic carbocycles. The van der Waals surface area contributed by atoms with Gasteiger partial charge in [0.25, 0.3) is 0 Å². The summed E-state index contributed by atoms with van der Waals surface area (Å²) in [5.74, 6) is -2.04. The zero-order valence-electron chi connectivity index (χ0n) is 9.16. The van der Waals surface area contributed by atoms with Gasteiger partial charge in [-0.2, -0.15) is 0 Å². The first kappa shape index (κ1) is 13.5. The maximum Gasteiger partial charge on any atom is 0.341 e. The lowest BCUT2D eigenvalue weighted by molar-refractivity contribution is -0.140. The first-order chi connectivity index (χ1) is 8.52. The molecule has 0 aliphatic heterocycles. The molecule has 0 spiro atoms. The predicted molar refractivity (Wildman–Crippen MR) is 58.1 cm³/mol. The molecule has 1 rings (SSSR count). The van der Waals surface area contributed by atoms with E-state index >= 15 is 0 Å². The number of carboxylic acid groups (broad SMARTS) is 2.